The fourth-order valence-electron chi connectivity index (χ4n) is 4.31. The molecule has 35 heavy (non-hydrogen) atoms. The van der Waals surface area contributed by atoms with E-state index in [9.17, 15) is 18.0 Å². The maximum atomic E-state index is 14.9. The van der Waals surface area contributed by atoms with Crippen molar-refractivity contribution >= 4 is 28.6 Å². The number of aromatic nitrogens is 6. The number of rotatable bonds is 3. The van der Waals surface area contributed by atoms with Crippen molar-refractivity contribution in [2.75, 3.05) is 18.0 Å². The lowest BCUT2D eigenvalue weighted by Gasteiger charge is -2.38. The second-order valence-electron chi connectivity index (χ2n) is 8.67. The highest BCUT2D eigenvalue weighted by atomic mass is 35.5. The van der Waals surface area contributed by atoms with E-state index in [0.717, 1.165) is 6.07 Å². The van der Waals surface area contributed by atoms with Crippen LogP contribution >= 0.6 is 11.6 Å². The minimum absolute atomic E-state index is 0.0253. The van der Waals surface area contributed by atoms with E-state index in [1.54, 1.807) is 32.1 Å². The minimum Gasteiger partial charge on any atom is -0.340 e. The number of nitrogens with zero attached hydrogens (tertiary/aromatic N) is 7. The molecular formula is C23H21ClF3N7O. The highest BCUT2D eigenvalue weighted by Gasteiger charge is 2.46. The Labute approximate surface area is 203 Å². The number of halogens is 4. The van der Waals surface area contributed by atoms with Gasteiger partial charge in [-0.3, -0.25) is 14.0 Å². The van der Waals surface area contributed by atoms with Gasteiger partial charge in [-0.2, -0.15) is 5.10 Å². The van der Waals surface area contributed by atoms with E-state index in [1.807, 2.05) is 0 Å². The van der Waals surface area contributed by atoms with Crippen molar-refractivity contribution in [2.45, 2.75) is 25.2 Å². The molecular weight excluding hydrogens is 483 g/mol. The number of anilines is 1. The minimum atomic E-state index is -2.96. The molecule has 1 aliphatic heterocycles. The molecule has 0 amide bonds. The maximum Gasteiger partial charge on any atom is 0.279 e. The number of aryl methyl sites for hydroxylation is 2. The molecule has 0 N–H and O–H groups in total. The van der Waals surface area contributed by atoms with Crippen LogP contribution in [0.4, 0.5) is 19.1 Å². The van der Waals surface area contributed by atoms with Gasteiger partial charge in [0.05, 0.1) is 12.1 Å². The Morgan fingerprint density at radius 2 is 1.91 bits per heavy atom. The summed E-state index contributed by atoms with van der Waals surface area (Å²) in [4.78, 5) is 28.0. The molecule has 1 aliphatic rings. The van der Waals surface area contributed by atoms with Crippen LogP contribution in [0.3, 0.4) is 0 Å². The summed E-state index contributed by atoms with van der Waals surface area (Å²) in [6, 6.07) is 4.08. The first-order valence-electron chi connectivity index (χ1n) is 10.9. The number of benzene rings is 1. The molecule has 1 fully saturated rings. The molecule has 1 aromatic carbocycles. The molecule has 3 aromatic heterocycles. The quantitative estimate of drug-likeness (QED) is 0.422. The normalized spacial score (nSPS) is 17.8. The van der Waals surface area contributed by atoms with E-state index in [-0.39, 0.29) is 46.4 Å². The van der Waals surface area contributed by atoms with Gasteiger partial charge in [-0.15, -0.1) is 0 Å². The van der Waals surface area contributed by atoms with Gasteiger partial charge >= 0.3 is 0 Å². The van der Waals surface area contributed by atoms with Gasteiger partial charge in [0.2, 0.25) is 5.95 Å². The third-order valence-electron chi connectivity index (χ3n) is 6.36. The number of alkyl halides is 2. The van der Waals surface area contributed by atoms with Gasteiger partial charge in [-0.25, -0.2) is 28.1 Å². The average molecular weight is 504 g/mol. The van der Waals surface area contributed by atoms with Gasteiger partial charge in [0.25, 0.3) is 11.5 Å². The second kappa shape index (κ2) is 8.33. The molecule has 12 heteroatoms. The Bertz CT molecular complexity index is 1520. The molecule has 4 aromatic rings. The van der Waals surface area contributed by atoms with E-state index in [0.29, 0.717) is 11.4 Å². The summed E-state index contributed by atoms with van der Waals surface area (Å²) in [5.41, 5.74) is 0.215. The first-order chi connectivity index (χ1) is 16.5. The van der Waals surface area contributed by atoms with Crippen LogP contribution in [0.2, 0.25) is 5.02 Å². The third kappa shape index (κ3) is 4.03. The van der Waals surface area contributed by atoms with E-state index in [4.69, 9.17) is 11.6 Å². The van der Waals surface area contributed by atoms with Crippen LogP contribution in [-0.2, 0) is 14.1 Å². The van der Waals surface area contributed by atoms with Crippen LogP contribution in [0.25, 0.3) is 22.3 Å². The Balaban J connectivity index is 1.69. The Kier molecular flexibility index (Phi) is 5.54. The molecule has 182 valence electrons. The highest BCUT2D eigenvalue weighted by Crippen LogP contribution is 2.41. The summed E-state index contributed by atoms with van der Waals surface area (Å²) in [6.07, 6.45) is 2.53. The molecule has 0 bridgehead atoms. The zero-order chi connectivity index (χ0) is 25.1. The largest absolute Gasteiger partial charge is 0.340 e. The van der Waals surface area contributed by atoms with Crippen molar-refractivity contribution in [2.24, 2.45) is 14.1 Å². The smallest absolute Gasteiger partial charge is 0.279 e. The Morgan fingerprint density at radius 3 is 2.60 bits per heavy atom. The van der Waals surface area contributed by atoms with Gasteiger partial charge < -0.3 is 4.90 Å². The molecule has 1 atom stereocenters. The molecule has 0 spiro atoms. The summed E-state index contributed by atoms with van der Waals surface area (Å²) in [6.45, 7) is 1.49. The van der Waals surface area contributed by atoms with Crippen molar-refractivity contribution in [1.82, 2.24) is 29.3 Å². The lowest BCUT2D eigenvalue weighted by atomic mass is 9.89. The second-order valence-corrected chi connectivity index (χ2v) is 9.11. The molecule has 0 saturated carbocycles. The number of fused-ring (bicyclic) bond motifs is 1. The third-order valence-corrected chi connectivity index (χ3v) is 6.60. The average Bonchev–Trinajstić information content (AvgIpc) is 3.23. The van der Waals surface area contributed by atoms with Crippen molar-refractivity contribution in [1.29, 1.82) is 0 Å². The predicted octanol–water partition coefficient (Wildman–Crippen LogP) is 3.85. The van der Waals surface area contributed by atoms with Crippen LogP contribution in [-0.4, -0.2) is 48.3 Å². The van der Waals surface area contributed by atoms with E-state index in [2.05, 4.69) is 20.1 Å². The number of hydrogen-bond acceptors (Lipinski definition) is 6. The zero-order valence-electron chi connectivity index (χ0n) is 19.1. The van der Waals surface area contributed by atoms with Crippen molar-refractivity contribution in [3.63, 3.8) is 0 Å². The van der Waals surface area contributed by atoms with Crippen LogP contribution < -0.4 is 10.5 Å². The monoisotopic (exact) mass is 503 g/mol. The van der Waals surface area contributed by atoms with Gasteiger partial charge in [0, 0.05) is 56.0 Å². The first kappa shape index (κ1) is 23.3. The number of hydrogen-bond donors (Lipinski definition) is 0. The highest BCUT2D eigenvalue weighted by molar-refractivity contribution is 6.30. The van der Waals surface area contributed by atoms with E-state index in [1.165, 1.54) is 27.6 Å². The zero-order valence-corrected chi connectivity index (χ0v) is 19.9. The van der Waals surface area contributed by atoms with Gasteiger partial charge in [0.15, 0.2) is 5.52 Å². The van der Waals surface area contributed by atoms with Crippen LogP contribution in [0.15, 0.2) is 35.4 Å². The number of piperidine rings is 1. The van der Waals surface area contributed by atoms with Crippen LogP contribution in [0.5, 0.6) is 0 Å². The van der Waals surface area contributed by atoms with Gasteiger partial charge in [-0.05, 0) is 25.1 Å². The van der Waals surface area contributed by atoms with Crippen molar-refractivity contribution < 1.29 is 13.2 Å². The molecule has 1 saturated heterocycles. The SMILES string of the molecule is Cc1nc2c(-c3ccc(Cl)cc3F)nc(N3CCC(F)(F)[C@@H](c4cnn(C)c4)C3)nc2c(=O)n1C. The lowest BCUT2D eigenvalue weighted by molar-refractivity contribution is -0.0425. The van der Waals surface area contributed by atoms with E-state index < -0.39 is 29.6 Å². The summed E-state index contributed by atoms with van der Waals surface area (Å²) in [5, 5.41) is 4.22. The predicted molar refractivity (Wildman–Crippen MR) is 125 cm³/mol. The fourth-order valence-corrected chi connectivity index (χ4v) is 4.46. The van der Waals surface area contributed by atoms with Gasteiger partial charge in [-0.1, -0.05) is 11.6 Å². The van der Waals surface area contributed by atoms with Crippen molar-refractivity contribution in [3.05, 3.63) is 63.2 Å². The van der Waals surface area contributed by atoms with Crippen LogP contribution in [0.1, 0.15) is 23.7 Å². The standard InChI is InChI=1S/C23H21ClF3N7O/c1-12-29-19-18(15-5-4-14(24)8-17(15)25)30-22(31-20(19)21(35)33(12)3)34-7-6-23(26,27)16(11-34)13-9-28-32(2)10-13/h4-5,8-10,16H,6-7,11H2,1-3H3/t16-/m1/s1. The molecule has 4 heterocycles. The fraction of sp³-hybridized carbons (Fsp3) is 0.348. The molecule has 8 nitrogen and oxygen atoms in total. The summed E-state index contributed by atoms with van der Waals surface area (Å²) < 4.78 is 47.5. The Morgan fingerprint density at radius 1 is 1.14 bits per heavy atom. The van der Waals surface area contributed by atoms with Crippen molar-refractivity contribution in [3.8, 4) is 11.3 Å². The van der Waals surface area contributed by atoms with Crippen LogP contribution in [0, 0.1) is 12.7 Å². The molecule has 0 aliphatic carbocycles. The molecule has 0 unspecified atom stereocenters. The topological polar surface area (TPSA) is 81.7 Å². The van der Waals surface area contributed by atoms with E-state index >= 15 is 0 Å². The summed E-state index contributed by atoms with van der Waals surface area (Å²) in [5.74, 6) is -4.32. The summed E-state index contributed by atoms with van der Waals surface area (Å²) in [7, 11) is 3.21. The van der Waals surface area contributed by atoms with Gasteiger partial charge in [0.1, 0.15) is 22.9 Å². The molecule has 5 rings (SSSR count). The first-order valence-corrected chi connectivity index (χ1v) is 11.2. The summed E-state index contributed by atoms with van der Waals surface area (Å²) >= 11 is 5.92. The molecule has 0 radical (unpaired) electrons. The Hall–Kier alpha value is -3.47. The maximum absolute atomic E-state index is 14.9. The lowest BCUT2D eigenvalue weighted by Crippen LogP contribution is -2.46.